The van der Waals surface area contributed by atoms with Crippen molar-refractivity contribution in [1.82, 2.24) is 4.98 Å². The summed E-state index contributed by atoms with van der Waals surface area (Å²) in [5.41, 5.74) is 5.04. The minimum absolute atomic E-state index is 0.105. The lowest BCUT2D eigenvalue weighted by Gasteiger charge is -2.07. The summed E-state index contributed by atoms with van der Waals surface area (Å²) in [6, 6.07) is 17.2. The number of nitrogens with one attached hydrogen (secondary N) is 1. The second kappa shape index (κ2) is 6.49. The van der Waals surface area contributed by atoms with E-state index in [9.17, 15) is 4.79 Å². The molecule has 0 fully saturated rings. The van der Waals surface area contributed by atoms with E-state index in [-0.39, 0.29) is 12.3 Å². The third-order valence-corrected chi connectivity index (χ3v) is 4.24. The van der Waals surface area contributed by atoms with Gasteiger partial charge >= 0.3 is 0 Å². The number of fused-ring (bicyclic) bond motifs is 1. The Bertz CT molecular complexity index is 983. The van der Waals surface area contributed by atoms with Crippen molar-refractivity contribution in [2.24, 2.45) is 4.99 Å². The van der Waals surface area contributed by atoms with Crippen molar-refractivity contribution < 1.29 is 4.79 Å². The zero-order valence-electron chi connectivity index (χ0n) is 13.2. The van der Waals surface area contributed by atoms with E-state index >= 15 is 0 Å². The van der Waals surface area contributed by atoms with Crippen LogP contribution in [0.4, 0.5) is 11.4 Å². The smallest absolute Gasteiger partial charge is 0.230 e. The van der Waals surface area contributed by atoms with Gasteiger partial charge in [0.25, 0.3) is 0 Å². The Labute approximate surface area is 150 Å². The van der Waals surface area contributed by atoms with Crippen LogP contribution in [-0.4, -0.2) is 16.6 Å². The SMILES string of the molecule is O=C1CC(c2cccc(-c3cccnc3)c2)=Nc2ccc(Cl)cc2N1. The lowest BCUT2D eigenvalue weighted by Crippen LogP contribution is -2.15. The summed E-state index contributed by atoms with van der Waals surface area (Å²) in [4.78, 5) is 21.1. The summed E-state index contributed by atoms with van der Waals surface area (Å²) >= 11 is 6.01. The highest BCUT2D eigenvalue weighted by molar-refractivity contribution is 6.31. The molecule has 1 aromatic heterocycles. The fraction of sp³-hybridized carbons (Fsp3) is 0.0500. The van der Waals surface area contributed by atoms with Gasteiger partial charge < -0.3 is 5.32 Å². The van der Waals surface area contributed by atoms with Crippen LogP contribution in [0.25, 0.3) is 11.1 Å². The Morgan fingerprint density at radius 3 is 2.64 bits per heavy atom. The molecule has 0 unspecified atom stereocenters. The number of nitrogens with zero attached hydrogens (tertiary/aromatic N) is 2. The zero-order valence-corrected chi connectivity index (χ0v) is 14.0. The Morgan fingerprint density at radius 1 is 0.960 bits per heavy atom. The number of halogens is 1. The number of carbonyl (C=O) groups excluding carboxylic acids is 1. The molecule has 1 aliphatic heterocycles. The molecule has 0 saturated carbocycles. The van der Waals surface area contributed by atoms with Gasteiger partial charge in [0.2, 0.25) is 5.91 Å². The van der Waals surface area contributed by atoms with Crippen molar-refractivity contribution in [3.8, 4) is 11.1 Å². The third-order valence-electron chi connectivity index (χ3n) is 4.01. The zero-order chi connectivity index (χ0) is 17.2. The maximum Gasteiger partial charge on any atom is 0.230 e. The number of pyridine rings is 1. The van der Waals surface area contributed by atoms with Crippen LogP contribution in [0.15, 0.2) is 72.0 Å². The van der Waals surface area contributed by atoms with Crippen LogP contribution in [0.3, 0.4) is 0 Å². The minimum atomic E-state index is -0.105. The van der Waals surface area contributed by atoms with Gasteiger partial charge in [-0.2, -0.15) is 0 Å². The molecule has 0 atom stereocenters. The van der Waals surface area contributed by atoms with Gasteiger partial charge in [-0.15, -0.1) is 0 Å². The molecule has 4 nitrogen and oxygen atoms in total. The average Bonchev–Trinajstić information content (AvgIpc) is 2.80. The number of rotatable bonds is 2. The largest absolute Gasteiger partial charge is 0.324 e. The van der Waals surface area contributed by atoms with Gasteiger partial charge in [-0.25, -0.2) is 0 Å². The fourth-order valence-electron chi connectivity index (χ4n) is 2.82. The summed E-state index contributed by atoms with van der Waals surface area (Å²) < 4.78 is 0. The van der Waals surface area contributed by atoms with Crippen molar-refractivity contribution in [2.75, 3.05) is 5.32 Å². The molecule has 0 bridgehead atoms. The topological polar surface area (TPSA) is 54.4 Å². The van der Waals surface area contributed by atoms with E-state index in [1.165, 1.54) is 0 Å². The quantitative estimate of drug-likeness (QED) is 0.719. The first kappa shape index (κ1) is 15.5. The summed E-state index contributed by atoms with van der Waals surface area (Å²) in [7, 11) is 0. The molecule has 2 aromatic carbocycles. The van der Waals surface area contributed by atoms with Crippen molar-refractivity contribution in [1.29, 1.82) is 0 Å². The van der Waals surface area contributed by atoms with E-state index in [0.717, 1.165) is 22.4 Å². The Hall–Kier alpha value is -2.98. The minimum Gasteiger partial charge on any atom is -0.324 e. The number of aromatic nitrogens is 1. The van der Waals surface area contributed by atoms with Crippen molar-refractivity contribution in [2.45, 2.75) is 6.42 Å². The number of hydrogen-bond acceptors (Lipinski definition) is 3. The Balaban J connectivity index is 1.78. The van der Waals surface area contributed by atoms with Crippen molar-refractivity contribution in [3.05, 3.63) is 77.6 Å². The number of benzene rings is 2. The maximum atomic E-state index is 12.3. The monoisotopic (exact) mass is 347 g/mol. The average molecular weight is 348 g/mol. The first-order valence-electron chi connectivity index (χ1n) is 7.87. The van der Waals surface area contributed by atoms with Crippen molar-refractivity contribution in [3.63, 3.8) is 0 Å². The van der Waals surface area contributed by atoms with Gasteiger partial charge in [0.1, 0.15) is 0 Å². The van der Waals surface area contributed by atoms with Crippen LogP contribution in [0.5, 0.6) is 0 Å². The summed E-state index contributed by atoms with van der Waals surface area (Å²) in [6.07, 6.45) is 3.77. The van der Waals surface area contributed by atoms with Gasteiger partial charge in [0.05, 0.1) is 23.5 Å². The Morgan fingerprint density at radius 2 is 1.80 bits per heavy atom. The molecule has 5 heteroatoms. The van der Waals surface area contributed by atoms with E-state index in [2.05, 4.69) is 10.3 Å². The summed E-state index contributed by atoms with van der Waals surface area (Å²) in [5, 5.41) is 3.43. The maximum absolute atomic E-state index is 12.3. The highest BCUT2D eigenvalue weighted by Crippen LogP contribution is 2.32. The van der Waals surface area contributed by atoms with Gasteiger partial charge in [-0.1, -0.05) is 35.9 Å². The fourth-order valence-corrected chi connectivity index (χ4v) is 2.99. The first-order valence-corrected chi connectivity index (χ1v) is 8.25. The molecule has 1 amide bonds. The summed E-state index contributed by atoms with van der Waals surface area (Å²) in [6.45, 7) is 0. The van der Waals surface area contributed by atoms with E-state index in [1.807, 2.05) is 48.7 Å². The molecular weight excluding hydrogens is 334 g/mol. The van der Waals surface area contributed by atoms with E-state index in [4.69, 9.17) is 16.6 Å². The highest BCUT2D eigenvalue weighted by atomic mass is 35.5. The molecule has 2 heterocycles. The number of carbonyl (C=O) groups is 1. The van der Waals surface area contributed by atoms with E-state index < -0.39 is 0 Å². The first-order chi connectivity index (χ1) is 12.2. The highest BCUT2D eigenvalue weighted by Gasteiger charge is 2.17. The van der Waals surface area contributed by atoms with Crippen LogP contribution in [0.1, 0.15) is 12.0 Å². The second-order valence-electron chi connectivity index (χ2n) is 5.77. The molecule has 0 radical (unpaired) electrons. The molecule has 3 aromatic rings. The molecule has 122 valence electrons. The molecule has 0 spiro atoms. The van der Waals surface area contributed by atoms with Crippen LogP contribution >= 0.6 is 11.6 Å². The van der Waals surface area contributed by atoms with Crippen LogP contribution < -0.4 is 5.32 Å². The molecule has 0 saturated heterocycles. The molecule has 1 N–H and O–H groups in total. The van der Waals surface area contributed by atoms with Gasteiger partial charge in [-0.05, 0) is 41.5 Å². The standard InChI is InChI=1S/C20H14ClN3O/c21-16-6-7-17-19(10-16)24-20(25)11-18(23-17)14-4-1-3-13(9-14)15-5-2-8-22-12-15/h1-10,12H,11H2,(H,24,25). The van der Waals surface area contributed by atoms with Gasteiger partial charge in [-0.3, -0.25) is 14.8 Å². The molecule has 1 aliphatic rings. The normalized spacial score (nSPS) is 13.5. The predicted octanol–water partition coefficient (Wildman–Crippen LogP) is 4.87. The Kier molecular flexibility index (Phi) is 4.04. The van der Waals surface area contributed by atoms with Crippen LogP contribution in [-0.2, 0) is 4.79 Å². The van der Waals surface area contributed by atoms with Crippen LogP contribution in [0.2, 0.25) is 5.02 Å². The van der Waals surface area contributed by atoms with Crippen LogP contribution in [0, 0.1) is 0 Å². The third kappa shape index (κ3) is 3.30. The van der Waals surface area contributed by atoms with E-state index in [0.29, 0.717) is 16.4 Å². The molecular formula is C20H14ClN3O. The number of aliphatic imine (C=N–C) groups is 1. The summed E-state index contributed by atoms with van der Waals surface area (Å²) in [5.74, 6) is -0.105. The number of hydrogen-bond donors (Lipinski definition) is 1. The number of amides is 1. The van der Waals surface area contributed by atoms with Gasteiger partial charge in [0, 0.05) is 23.0 Å². The van der Waals surface area contributed by atoms with E-state index in [1.54, 1.807) is 18.3 Å². The lowest BCUT2D eigenvalue weighted by molar-refractivity contribution is -0.115. The second-order valence-corrected chi connectivity index (χ2v) is 6.20. The lowest BCUT2D eigenvalue weighted by atomic mass is 10.0. The molecule has 25 heavy (non-hydrogen) atoms. The predicted molar refractivity (Wildman–Crippen MR) is 101 cm³/mol. The number of anilines is 1. The molecule has 4 rings (SSSR count). The van der Waals surface area contributed by atoms with Crippen molar-refractivity contribution >= 4 is 34.6 Å². The molecule has 0 aliphatic carbocycles. The van der Waals surface area contributed by atoms with Gasteiger partial charge in [0.15, 0.2) is 0 Å².